The quantitative estimate of drug-likeness (QED) is 0.622. The summed E-state index contributed by atoms with van der Waals surface area (Å²) in [6.45, 7) is 0. The van der Waals surface area contributed by atoms with Crippen molar-refractivity contribution in [3.63, 3.8) is 0 Å². The van der Waals surface area contributed by atoms with E-state index in [0.29, 0.717) is 11.7 Å². The Bertz CT molecular complexity index is 190. The highest BCUT2D eigenvalue weighted by atomic mass is 16.1. The molecule has 0 aromatic rings. The molecule has 1 rings (SSSR count). The first kappa shape index (κ1) is 10.3. The van der Waals surface area contributed by atoms with Crippen molar-refractivity contribution in [2.75, 3.05) is 14.1 Å². The van der Waals surface area contributed by atoms with Gasteiger partial charge in [0, 0.05) is 26.2 Å². The molecule has 1 fully saturated rings. The van der Waals surface area contributed by atoms with E-state index in [4.69, 9.17) is 0 Å². The molecule has 0 spiro atoms. The van der Waals surface area contributed by atoms with Crippen LogP contribution in [0.3, 0.4) is 0 Å². The normalized spacial score (nSPS) is 19.2. The molecule has 0 N–H and O–H groups in total. The lowest BCUT2D eigenvalue weighted by molar-refractivity contribution is -0.119. The zero-order valence-electron chi connectivity index (χ0n) is 8.62. The van der Waals surface area contributed by atoms with Crippen molar-refractivity contribution in [1.82, 2.24) is 4.90 Å². The van der Waals surface area contributed by atoms with Gasteiger partial charge in [-0.1, -0.05) is 19.3 Å². The Balaban J connectivity index is 2.37. The number of nitrogens with zero attached hydrogens (tertiary/aromatic N) is 1. The Hall–Kier alpha value is -0.790. The van der Waals surface area contributed by atoms with Crippen molar-refractivity contribution in [2.45, 2.75) is 32.1 Å². The lowest BCUT2D eigenvalue weighted by Crippen LogP contribution is -2.16. The Morgan fingerprint density at radius 3 is 2.38 bits per heavy atom. The number of carbonyl (C=O) groups is 1. The average Bonchev–Trinajstić information content (AvgIpc) is 2.15. The summed E-state index contributed by atoms with van der Waals surface area (Å²) >= 11 is 0. The van der Waals surface area contributed by atoms with Gasteiger partial charge in [-0.25, -0.2) is 0 Å². The van der Waals surface area contributed by atoms with Gasteiger partial charge in [0.15, 0.2) is 5.78 Å². The molecule has 0 atom stereocenters. The third kappa shape index (κ3) is 3.62. The van der Waals surface area contributed by atoms with E-state index in [0.717, 1.165) is 12.8 Å². The molecule has 0 radical (unpaired) electrons. The first-order valence-corrected chi connectivity index (χ1v) is 5.08. The summed E-state index contributed by atoms with van der Waals surface area (Å²) in [7, 11) is 3.87. The van der Waals surface area contributed by atoms with Crippen molar-refractivity contribution >= 4 is 5.78 Å². The SMILES string of the molecule is CN(C)/C=C/C(=O)C1CCCCC1. The van der Waals surface area contributed by atoms with E-state index < -0.39 is 0 Å². The lowest BCUT2D eigenvalue weighted by atomic mass is 9.86. The molecule has 0 aliphatic heterocycles. The summed E-state index contributed by atoms with van der Waals surface area (Å²) in [4.78, 5) is 13.5. The molecule has 0 saturated heterocycles. The number of carbonyl (C=O) groups excluding carboxylic acids is 1. The second-order valence-corrected chi connectivity index (χ2v) is 4.02. The fourth-order valence-corrected chi connectivity index (χ4v) is 1.75. The van der Waals surface area contributed by atoms with Gasteiger partial charge in [0.25, 0.3) is 0 Å². The third-order valence-electron chi connectivity index (χ3n) is 2.54. The van der Waals surface area contributed by atoms with Crippen LogP contribution < -0.4 is 0 Å². The monoisotopic (exact) mass is 181 g/mol. The van der Waals surface area contributed by atoms with Crippen LogP contribution in [0.1, 0.15) is 32.1 Å². The summed E-state index contributed by atoms with van der Waals surface area (Å²) in [5.74, 6) is 0.623. The minimum atomic E-state index is 0.310. The predicted octanol–water partition coefficient (Wildman–Crippen LogP) is 2.21. The maximum Gasteiger partial charge on any atom is 0.160 e. The highest BCUT2D eigenvalue weighted by Gasteiger charge is 2.18. The molecule has 0 aromatic carbocycles. The zero-order valence-corrected chi connectivity index (χ0v) is 8.62. The van der Waals surface area contributed by atoms with Gasteiger partial charge >= 0.3 is 0 Å². The molecule has 1 saturated carbocycles. The zero-order chi connectivity index (χ0) is 9.68. The summed E-state index contributed by atoms with van der Waals surface area (Å²) in [5, 5.41) is 0. The Morgan fingerprint density at radius 2 is 1.85 bits per heavy atom. The van der Waals surface area contributed by atoms with Gasteiger partial charge in [-0.3, -0.25) is 4.79 Å². The highest BCUT2D eigenvalue weighted by Crippen LogP contribution is 2.24. The molecule has 2 nitrogen and oxygen atoms in total. The van der Waals surface area contributed by atoms with E-state index in [1.165, 1.54) is 19.3 Å². The fourth-order valence-electron chi connectivity index (χ4n) is 1.75. The fraction of sp³-hybridized carbons (Fsp3) is 0.727. The largest absolute Gasteiger partial charge is 0.383 e. The second kappa shape index (κ2) is 5.05. The summed E-state index contributed by atoms with van der Waals surface area (Å²) in [5.41, 5.74) is 0. The van der Waals surface area contributed by atoms with Crippen LogP contribution in [0.15, 0.2) is 12.3 Å². The van der Waals surface area contributed by atoms with Crippen LogP contribution in [0.4, 0.5) is 0 Å². The Kier molecular flexibility index (Phi) is 4.00. The number of hydrogen-bond acceptors (Lipinski definition) is 2. The highest BCUT2D eigenvalue weighted by molar-refractivity contribution is 5.91. The van der Waals surface area contributed by atoms with Crippen LogP contribution in [-0.2, 0) is 4.79 Å². The van der Waals surface area contributed by atoms with E-state index in [1.54, 1.807) is 6.08 Å². The van der Waals surface area contributed by atoms with Crippen LogP contribution in [0.5, 0.6) is 0 Å². The predicted molar refractivity (Wildman–Crippen MR) is 54.4 cm³/mol. The molecule has 0 amide bonds. The van der Waals surface area contributed by atoms with Crippen molar-refractivity contribution in [3.8, 4) is 0 Å². The topological polar surface area (TPSA) is 20.3 Å². The molecule has 0 heterocycles. The lowest BCUT2D eigenvalue weighted by Gasteiger charge is -2.18. The standard InChI is InChI=1S/C11H19NO/c1-12(2)9-8-11(13)10-6-4-3-5-7-10/h8-10H,3-7H2,1-2H3/b9-8+. The molecular formula is C11H19NO. The molecule has 74 valence electrons. The summed E-state index contributed by atoms with van der Waals surface area (Å²) in [6.07, 6.45) is 9.51. The summed E-state index contributed by atoms with van der Waals surface area (Å²) in [6, 6.07) is 0. The van der Waals surface area contributed by atoms with Gasteiger partial charge in [0.1, 0.15) is 0 Å². The first-order chi connectivity index (χ1) is 6.20. The van der Waals surface area contributed by atoms with Gasteiger partial charge < -0.3 is 4.90 Å². The van der Waals surface area contributed by atoms with Crippen molar-refractivity contribution in [3.05, 3.63) is 12.3 Å². The number of allylic oxidation sites excluding steroid dienone is 1. The van der Waals surface area contributed by atoms with Gasteiger partial charge in [-0.05, 0) is 18.9 Å². The van der Waals surface area contributed by atoms with E-state index in [2.05, 4.69) is 0 Å². The summed E-state index contributed by atoms with van der Waals surface area (Å²) < 4.78 is 0. The molecule has 0 bridgehead atoms. The smallest absolute Gasteiger partial charge is 0.160 e. The minimum absolute atomic E-state index is 0.310. The van der Waals surface area contributed by atoms with Gasteiger partial charge in [0.05, 0.1) is 0 Å². The number of ketones is 1. The van der Waals surface area contributed by atoms with Crippen LogP contribution in [0, 0.1) is 5.92 Å². The molecule has 0 aromatic heterocycles. The van der Waals surface area contributed by atoms with Crippen molar-refractivity contribution < 1.29 is 4.79 Å². The van der Waals surface area contributed by atoms with E-state index >= 15 is 0 Å². The average molecular weight is 181 g/mol. The molecule has 0 unspecified atom stereocenters. The number of rotatable bonds is 3. The van der Waals surface area contributed by atoms with E-state index in [-0.39, 0.29) is 0 Å². The first-order valence-electron chi connectivity index (χ1n) is 5.08. The molecule has 1 aliphatic rings. The minimum Gasteiger partial charge on any atom is -0.383 e. The molecule has 2 heteroatoms. The van der Waals surface area contributed by atoms with Gasteiger partial charge in [-0.2, -0.15) is 0 Å². The second-order valence-electron chi connectivity index (χ2n) is 4.02. The Morgan fingerprint density at radius 1 is 1.23 bits per heavy atom. The van der Waals surface area contributed by atoms with Crippen molar-refractivity contribution in [1.29, 1.82) is 0 Å². The molecule has 13 heavy (non-hydrogen) atoms. The van der Waals surface area contributed by atoms with Crippen LogP contribution in [-0.4, -0.2) is 24.8 Å². The van der Waals surface area contributed by atoms with E-state index in [9.17, 15) is 4.79 Å². The van der Waals surface area contributed by atoms with Crippen LogP contribution in [0.25, 0.3) is 0 Å². The van der Waals surface area contributed by atoms with Gasteiger partial charge in [0.2, 0.25) is 0 Å². The maximum atomic E-state index is 11.6. The molecular weight excluding hydrogens is 162 g/mol. The number of hydrogen-bond donors (Lipinski definition) is 0. The van der Waals surface area contributed by atoms with Crippen LogP contribution in [0.2, 0.25) is 0 Å². The third-order valence-corrected chi connectivity index (χ3v) is 2.54. The Labute approximate surface area is 80.6 Å². The van der Waals surface area contributed by atoms with Crippen LogP contribution >= 0.6 is 0 Å². The molecule has 1 aliphatic carbocycles. The van der Waals surface area contributed by atoms with Crippen molar-refractivity contribution in [2.24, 2.45) is 5.92 Å². The maximum absolute atomic E-state index is 11.6. The van der Waals surface area contributed by atoms with Gasteiger partial charge in [-0.15, -0.1) is 0 Å². The van der Waals surface area contributed by atoms with E-state index in [1.807, 2.05) is 25.2 Å².